The van der Waals surface area contributed by atoms with E-state index < -0.39 is 0 Å². The van der Waals surface area contributed by atoms with Gasteiger partial charge in [0.1, 0.15) is 5.82 Å². The molecule has 0 saturated heterocycles. The predicted octanol–water partition coefficient (Wildman–Crippen LogP) is 3.10. The van der Waals surface area contributed by atoms with Gasteiger partial charge in [-0.25, -0.2) is 4.98 Å². The first-order valence-electron chi connectivity index (χ1n) is 8.31. The van der Waals surface area contributed by atoms with Crippen molar-refractivity contribution in [3.8, 4) is 5.69 Å². The van der Waals surface area contributed by atoms with Crippen molar-refractivity contribution in [3.05, 3.63) is 58.4 Å². The molecule has 0 saturated carbocycles. The number of nitrogens with two attached hydrogens (primary N) is 1. The molecule has 0 fully saturated rings. The quantitative estimate of drug-likeness (QED) is 0.737. The lowest BCUT2D eigenvalue weighted by Crippen LogP contribution is -2.18. The fourth-order valence-corrected chi connectivity index (χ4v) is 3.20. The van der Waals surface area contributed by atoms with Crippen LogP contribution in [0.25, 0.3) is 16.7 Å². The summed E-state index contributed by atoms with van der Waals surface area (Å²) in [5, 5.41) is 3.02. The largest absolute Gasteiger partial charge is 0.355 e. The first kappa shape index (κ1) is 17.5. The van der Waals surface area contributed by atoms with Crippen LogP contribution in [0.15, 0.2) is 36.4 Å². The summed E-state index contributed by atoms with van der Waals surface area (Å²) in [7, 11) is 1.59. The van der Waals surface area contributed by atoms with Crippen LogP contribution in [0.1, 0.15) is 28.7 Å². The number of aryl methyl sites for hydroxylation is 1. The van der Waals surface area contributed by atoms with Crippen LogP contribution in [0.5, 0.6) is 0 Å². The number of carbonyl (C=O) groups is 1. The Morgan fingerprint density at radius 1 is 1.28 bits per heavy atom. The Morgan fingerprint density at radius 3 is 2.60 bits per heavy atom. The summed E-state index contributed by atoms with van der Waals surface area (Å²) in [5.41, 5.74) is 9.92. The number of aromatic nitrogens is 2. The Hall–Kier alpha value is -2.37. The van der Waals surface area contributed by atoms with E-state index in [2.05, 4.69) is 46.1 Å². The molecule has 2 aromatic carbocycles. The highest BCUT2D eigenvalue weighted by Gasteiger charge is 2.16. The summed E-state index contributed by atoms with van der Waals surface area (Å²) >= 11 is 6.34. The Kier molecular flexibility index (Phi) is 5.06. The lowest BCUT2D eigenvalue weighted by atomic mass is 10.1. The highest BCUT2D eigenvalue weighted by Crippen LogP contribution is 2.28. The molecule has 0 bridgehead atoms. The number of fused-ring (bicyclic) bond motifs is 1. The molecule has 0 aliphatic heterocycles. The van der Waals surface area contributed by atoms with E-state index in [1.54, 1.807) is 19.2 Å². The van der Waals surface area contributed by atoms with Crippen molar-refractivity contribution < 1.29 is 4.79 Å². The molecule has 1 heterocycles. The van der Waals surface area contributed by atoms with Crippen molar-refractivity contribution in [1.82, 2.24) is 14.9 Å². The standard InChI is InChI=1S/C19H21ClN4O/c1-3-18-23-16-10-14(19(25)22-2)15(20)11-17(16)24(18)13-6-4-12(5-7-13)8-9-21/h4-7,10-11H,3,8-9,21H2,1-2H3,(H,22,25). The monoisotopic (exact) mass is 356 g/mol. The SMILES string of the molecule is CCc1nc2cc(C(=O)NC)c(Cl)cc2n1-c1ccc(CCN)cc1. The van der Waals surface area contributed by atoms with E-state index in [0.29, 0.717) is 17.1 Å². The highest BCUT2D eigenvalue weighted by molar-refractivity contribution is 6.34. The maximum absolute atomic E-state index is 12.0. The third-order valence-electron chi connectivity index (χ3n) is 4.23. The van der Waals surface area contributed by atoms with Gasteiger partial charge in [-0.15, -0.1) is 0 Å². The number of nitrogens with zero attached hydrogens (tertiary/aromatic N) is 2. The molecule has 25 heavy (non-hydrogen) atoms. The van der Waals surface area contributed by atoms with Gasteiger partial charge in [0.05, 0.1) is 21.6 Å². The number of nitrogens with one attached hydrogen (secondary N) is 1. The van der Waals surface area contributed by atoms with E-state index in [4.69, 9.17) is 17.3 Å². The number of benzene rings is 2. The minimum Gasteiger partial charge on any atom is -0.355 e. The normalized spacial score (nSPS) is 11.0. The summed E-state index contributed by atoms with van der Waals surface area (Å²) in [6.45, 7) is 2.69. The second-order valence-corrected chi connectivity index (χ2v) is 6.23. The first-order chi connectivity index (χ1) is 12.1. The summed E-state index contributed by atoms with van der Waals surface area (Å²) in [5.74, 6) is 0.706. The molecule has 0 radical (unpaired) electrons. The molecule has 6 heteroatoms. The van der Waals surface area contributed by atoms with E-state index in [-0.39, 0.29) is 5.91 Å². The van der Waals surface area contributed by atoms with E-state index in [1.807, 2.05) is 0 Å². The number of halogens is 1. The van der Waals surface area contributed by atoms with Crippen molar-refractivity contribution in [2.45, 2.75) is 19.8 Å². The smallest absolute Gasteiger partial charge is 0.252 e. The van der Waals surface area contributed by atoms with Crippen LogP contribution < -0.4 is 11.1 Å². The third kappa shape index (κ3) is 3.25. The molecule has 0 aliphatic carbocycles. The van der Waals surface area contributed by atoms with E-state index in [9.17, 15) is 4.79 Å². The highest BCUT2D eigenvalue weighted by atomic mass is 35.5. The van der Waals surface area contributed by atoms with Crippen molar-refractivity contribution in [1.29, 1.82) is 0 Å². The summed E-state index contributed by atoms with van der Waals surface area (Å²) in [4.78, 5) is 16.7. The van der Waals surface area contributed by atoms with Crippen LogP contribution in [0.2, 0.25) is 5.02 Å². The van der Waals surface area contributed by atoms with E-state index in [1.165, 1.54) is 5.56 Å². The molecule has 3 rings (SSSR count). The zero-order valence-corrected chi connectivity index (χ0v) is 15.1. The molecular formula is C19H21ClN4O. The van der Waals surface area contributed by atoms with Gasteiger partial charge in [0.2, 0.25) is 0 Å². The second kappa shape index (κ2) is 7.25. The third-order valence-corrected chi connectivity index (χ3v) is 4.54. The van der Waals surface area contributed by atoms with Gasteiger partial charge in [-0.2, -0.15) is 0 Å². The zero-order chi connectivity index (χ0) is 18.0. The van der Waals surface area contributed by atoms with Gasteiger partial charge in [-0.3, -0.25) is 9.36 Å². The summed E-state index contributed by atoms with van der Waals surface area (Å²) < 4.78 is 2.08. The topological polar surface area (TPSA) is 72.9 Å². The van der Waals surface area contributed by atoms with Gasteiger partial charge in [0.25, 0.3) is 5.91 Å². The van der Waals surface area contributed by atoms with Crippen LogP contribution in [0.4, 0.5) is 0 Å². The molecule has 3 aromatic rings. The van der Waals surface area contributed by atoms with Crippen molar-refractivity contribution in [3.63, 3.8) is 0 Å². The first-order valence-corrected chi connectivity index (χ1v) is 8.69. The van der Waals surface area contributed by atoms with Gasteiger partial charge >= 0.3 is 0 Å². The van der Waals surface area contributed by atoms with Crippen molar-refractivity contribution in [2.24, 2.45) is 5.73 Å². The van der Waals surface area contributed by atoms with Gasteiger partial charge in [-0.1, -0.05) is 30.7 Å². The molecule has 130 valence electrons. The molecule has 0 spiro atoms. The summed E-state index contributed by atoms with van der Waals surface area (Å²) in [6.07, 6.45) is 1.62. The number of amides is 1. The molecular weight excluding hydrogens is 336 g/mol. The van der Waals surface area contributed by atoms with E-state index >= 15 is 0 Å². The zero-order valence-electron chi connectivity index (χ0n) is 14.3. The average molecular weight is 357 g/mol. The van der Waals surface area contributed by atoms with E-state index in [0.717, 1.165) is 35.4 Å². The molecule has 1 amide bonds. The number of hydrogen-bond acceptors (Lipinski definition) is 3. The number of rotatable bonds is 5. The summed E-state index contributed by atoms with van der Waals surface area (Å²) in [6, 6.07) is 11.8. The Balaban J connectivity index is 2.16. The van der Waals surface area contributed by atoms with Gasteiger partial charge < -0.3 is 11.1 Å². The van der Waals surface area contributed by atoms with Gasteiger partial charge in [0, 0.05) is 19.2 Å². The van der Waals surface area contributed by atoms with Crippen LogP contribution in [-0.4, -0.2) is 29.1 Å². The van der Waals surface area contributed by atoms with Gasteiger partial charge in [0.15, 0.2) is 0 Å². The Morgan fingerprint density at radius 2 is 2.00 bits per heavy atom. The Bertz CT molecular complexity index is 915. The fraction of sp³-hybridized carbons (Fsp3) is 0.263. The molecule has 1 aromatic heterocycles. The van der Waals surface area contributed by atoms with Gasteiger partial charge in [-0.05, 0) is 42.8 Å². The lowest BCUT2D eigenvalue weighted by Gasteiger charge is -2.10. The van der Waals surface area contributed by atoms with Crippen LogP contribution in [-0.2, 0) is 12.8 Å². The fourth-order valence-electron chi connectivity index (χ4n) is 2.96. The maximum atomic E-state index is 12.0. The number of hydrogen-bond donors (Lipinski definition) is 2. The lowest BCUT2D eigenvalue weighted by molar-refractivity contribution is 0.0963. The average Bonchev–Trinajstić information content (AvgIpc) is 2.98. The van der Waals surface area contributed by atoms with Crippen molar-refractivity contribution >= 4 is 28.5 Å². The minimum atomic E-state index is -0.217. The molecule has 3 N–H and O–H groups in total. The Labute approximate surface area is 151 Å². The van der Waals surface area contributed by atoms with Crippen molar-refractivity contribution in [2.75, 3.05) is 13.6 Å². The van der Waals surface area contributed by atoms with Crippen LogP contribution in [0.3, 0.4) is 0 Å². The van der Waals surface area contributed by atoms with Crippen LogP contribution in [0, 0.1) is 0 Å². The maximum Gasteiger partial charge on any atom is 0.252 e. The predicted molar refractivity (Wildman–Crippen MR) is 102 cm³/mol. The minimum absolute atomic E-state index is 0.217. The molecule has 0 unspecified atom stereocenters. The number of imidazole rings is 1. The second-order valence-electron chi connectivity index (χ2n) is 5.82. The van der Waals surface area contributed by atoms with Crippen LogP contribution >= 0.6 is 11.6 Å². The molecule has 0 atom stereocenters. The molecule has 5 nitrogen and oxygen atoms in total. The number of carbonyl (C=O) groups excluding carboxylic acids is 1. The molecule has 0 aliphatic rings.